The topological polar surface area (TPSA) is 127 Å². The summed E-state index contributed by atoms with van der Waals surface area (Å²) in [5.74, 6) is -1.21. The number of rotatable bonds is 6. The fourth-order valence-electron chi connectivity index (χ4n) is 5.21. The van der Waals surface area contributed by atoms with Gasteiger partial charge in [-0.3, -0.25) is 9.80 Å². The van der Waals surface area contributed by atoms with Crippen LogP contribution in [-0.2, 0) is 53.9 Å². The Kier molecular flexibility index (Phi) is 9.60. The number of amides is 2. The molecule has 0 aromatic heterocycles. The lowest BCUT2D eigenvalue weighted by Crippen LogP contribution is -2.32. The van der Waals surface area contributed by atoms with Crippen LogP contribution in [0.2, 0.25) is 0 Å². The van der Waals surface area contributed by atoms with E-state index in [9.17, 15) is 35.2 Å². The van der Waals surface area contributed by atoms with Crippen molar-refractivity contribution in [1.29, 1.82) is 0 Å². The molecule has 0 spiro atoms. The van der Waals surface area contributed by atoms with Crippen LogP contribution >= 0.6 is 0 Å². The highest BCUT2D eigenvalue weighted by Gasteiger charge is 2.27. The molecule has 2 aliphatic rings. The second kappa shape index (κ2) is 13.4. The van der Waals surface area contributed by atoms with Crippen molar-refractivity contribution < 1.29 is 44.7 Å². The highest BCUT2D eigenvalue weighted by molar-refractivity contribution is 7.91. The summed E-state index contributed by atoms with van der Waals surface area (Å²) in [5.41, 5.74) is 4.34. The van der Waals surface area contributed by atoms with Gasteiger partial charge in [0.15, 0.2) is 19.7 Å². The summed E-state index contributed by atoms with van der Waals surface area (Å²) >= 11 is 0. The molecule has 0 saturated heterocycles. The Balaban J connectivity index is 0.000000188. The average molecular weight is 699 g/mol. The summed E-state index contributed by atoms with van der Waals surface area (Å²) in [6.45, 7) is 3.42. The summed E-state index contributed by atoms with van der Waals surface area (Å²) < 4.78 is 87.1. The zero-order valence-corrected chi connectivity index (χ0v) is 28.1. The van der Waals surface area contributed by atoms with E-state index in [1.54, 1.807) is 26.0 Å². The first-order valence-electron chi connectivity index (χ1n) is 14.6. The number of fused-ring (bicyclic) bond motifs is 2. The maximum atomic E-state index is 13.3. The number of hydrogen-bond donors (Lipinski definition) is 0. The molecular weight excluding hydrogens is 667 g/mol. The van der Waals surface area contributed by atoms with Crippen LogP contribution in [0.3, 0.4) is 0 Å². The summed E-state index contributed by atoms with van der Waals surface area (Å²) in [6.07, 6.45) is -1.04. The molecule has 0 saturated carbocycles. The van der Waals surface area contributed by atoms with Crippen molar-refractivity contribution in [3.05, 3.63) is 118 Å². The van der Waals surface area contributed by atoms with Gasteiger partial charge in [-0.2, -0.15) is 0 Å². The summed E-state index contributed by atoms with van der Waals surface area (Å²) in [5, 5.41) is 0. The minimum Gasteiger partial charge on any atom is -0.444 e. The highest BCUT2D eigenvalue weighted by Crippen LogP contribution is 2.31. The standard InChI is InChI=1S/2C17H16FNO4S/c2*1-11-7-12(3-6-15(11)18)10-24(21,22)14-5-4-13-9-23-17(20)19(2)16(13)8-14/h2*3-8H,9-10H2,1-2H3. The number of cyclic esters (lactones) is 2. The van der Waals surface area contributed by atoms with Crippen molar-refractivity contribution in [3.8, 4) is 0 Å². The zero-order chi connectivity index (χ0) is 35.0. The van der Waals surface area contributed by atoms with Crippen LogP contribution in [0.15, 0.2) is 82.6 Å². The van der Waals surface area contributed by atoms with Gasteiger partial charge >= 0.3 is 12.2 Å². The Morgan fingerprint density at radius 3 is 1.33 bits per heavy atom. The quantitative estimate of drug-likeness (QED) is 0.227. The van der Waals surface area contributed by atoms with Crippen LogP contribution in [0.4, 0.5) is 29.7 Å². The van der Waals surface area contributed by atoms with E-state index in [1.165, 1.54) is 84.6 Å². The van der Waals surface area contributed by atoms with Crippen molar-refractivity contribution >= 4 is 43.2 Å². The second-order valence-electron chi connectivity index (χ2n) is 11.5. The normalized spacial score (nSPS) is 14.3. The lowest BCUT2D eigenvalue weighted by molar-refractivity contribution is 0.143. The number of hydrogen-bond acceptors (Lipinski definition) is 8. The predicted octanol–water partition coefficient (Wildman–Crippen LogP) is 6.39. The van der Waals surface area contributed by atoms with Crippen LogP contribution in [-0.4, -0.2) is 43.1 Å². The highest BCUT2D eigenvalue weighted by atomic mass is 32.2. The molecule has 0 atom stereocenters. The molecule has 0 aliphatic carbocycles. The molecule has 2 aliphatic heterocycles. The monoisotopic (exact) mass is 698 g/mol. The average Bonchev–Trinajstić information content (AvgIpc) is 3.04. The molecule has 6 rings (SSSR count). The van der Waals surface area contributed by atoms with Gasteiger partial charge in [0.1, 0.15) is 24.8 Å². The number of halogens is 2. The van der Waals surface area contributed by atoms with Crippen LogP contribution in [0.1, 0.15) is 33.4 Å². The lowest BCUT2D eigenvalue weighted by Gasteiger charge is -2.25. The molecule has 0 fully saturated rings. The molecule has 10 nitrogen and oxygen atoms in total. The van der Waals surface area contributed by atoms with E-state index in [0.717, 1.165) is 11.1 Å². The van der Waals surface area contributed by atoms with E-state index in [4.69, 9.17) is 9.47 Å². The second-order valence-corrected chi connectivity index (χ2v) is 15.5. The molecule has 0 N–H and O–H groups in total. The number of anilines is 2. The lowest BCUT2D eigenvalue weighted by atomic mass is 10.1. The van der Waals surface area contributed by atoms with Crippen LogP contribution in [0.5, 0.6) is 0 Å². The molecule has 0 radical (unpaired) electrons. The minimum absolute atomic E-state index is 0.116. The first kappa shape index (κ1) is 34.5. The van der Waals surface area contributed by atoms with E-state index < -0.39 is 31.9 Å². The Morgan fingerprint density at radius 2 is 0.979 bits per heavy atom. The third kappa shape index (κ3) is 7.34. The maximum Gasteiger partial charge on any atom is 0.414 e. The molecule has 48 heavy (non-hydrogen) atoms. The van der Waals surface area contributed by atoms with Gasteiger partial charge in [-0.05, 0) is 72.5 Å². The molecule has 252 valence electrons. The summed E-state index contributed by atoms with van der Waals surface area (Å²) in [7, 11) is -4.18. The van der Waals surface area contributed by atoms with Gasteiger partial charge in [-0.15, -0.1) is 0 Å². The van der Waals surface area contributed by atoms with Gasteiger partial charge in [0.05, 0.1) is 32.7 Å². The van der Waals surface area contributed by atoms with Crippen molar-refractivity contribution in [2.45, 2.75) is 48.4 Å². The molecule has 14 heteroatoms. The predicted molar refractivity (Wildman–Crippen MR) is 174 cm³/mol. The third-order valence-electron chi connectivity index (χ3n) is 7.96. The van der Waals surface area contributed by atoms with Crippen LogP contribution in [0.25, 0.3) is 0 Å². The van der Waals surface area contributed by atoms with Crippen LogP contribution < -0.4 is 9.80 Å². The van der Waals surface area contributed by atoms with Crippen molar-refractivity contribution in [2.75, 3.05) is 23.9 Å². The molecule has 4 aromatic carbocycles. The van der Waals surface area contributed by atoms with E-state index >= 15 is 0 Å². The molecule has 2 heterocycles. The molecular formula is C34H32F2N2O8S2. The Bertz CT molecular complexity index is 2000. The number of carbonyl (C=O) groups is 2. The number of benzene rings is 4. The Hall–Kier alpha value is -4.82. The third-order valence-corrected chi connectivity index (χ3v) is 11.3. The largest absolute Gasteiger partial charge is 0.444 e. The molecule has 2 amide bonds. The van der Waals surface area contributed by atoms with Gasteiger partial charge in [-0.25, -0.2) is 35.2 Å². The molecule has 0 bridgehead atoms. The smallest absolute Gasteiger partial charge is 0.414 e. The zero-order valence-electron chi connectivity index (χ0n) is 26.5. The van der Waals surface area contributed by atoms with Crippen molar-refractivity contribution in [3.63, 3.8) is 0 Å². The van der Waals surface area contributed by atoms with Gasteiger partial charge in [0.2, 0.25) is 0 Å². The van der Waals surface area contributed by atoms with Crippen molar-refractivity contribution in [1.82, 2.24) is 0 Å². The Morgan fingerprint density at radius 1 is 0.604 bits per heavy atom. The SMILES string of the molecule is Cc1cc(CS(=O)(=O)c2ccc3c(c2)N(C)C(=O)OC3)ccc1F.Cc1cc(CS(=O)(=O)c2ccc3c(c2)N(C)C(=O)OC3)ccc1F. The summed E-state index contributed by atoms with van der Waals surface area (Å²) in [6, 6.07) is 17.7. The van der Waals surface area contributed by atoms with E-state index in [1.807, 2.05) is 0 Å². The van der Waals surface area contributed by atoms with Gasteiger partial charge in [-0.1, -0.05) is 36.4 Å². The van der Waals surface area contributed by atoms with E-state index in [-0.39, 0.29) is 46.1 Å². The minimum atomic E-state index is -3.62. The van der Waals surface area contributed by atoms with Gasteiger partial charge < -0.3 is 9.47 Å². The van der Waals surface area contributed by atoms with Gasteiger partial charge in [0, 0.05) is 25.2 Å². The van der Waals surface area contributed by atoms with Crippen LogP contribution in [0, 0.1) is 25.5 Å². The number of aryl methyl sites for hydroxylation is 2. The maximum absolute atomic E-state index is 13.3. The number of nitrogens with zero attached hydrogens (tertiary/aromatic N) is 2. The van der Waals surface area contributed by atoms with E-state index in [2.05, 4.69) is 0 Å². The summed E-state index contributed by atoms with van der Waals surface area (Å²) in [4.78, 5) is 26.0. The van der Waals surface area contributed by atoms with Gasteiger partial charge in [0.25, 0.3) is 0 Å². The number of ether oxygens (including phenoxy) is 2. The number of sulfone groups is 2. The molecule has 4 aromatic rings. The fraction of sp³-hybridized carbons (Fsp3) is 0.235. The number of carbonyl (C=O) groups excluding carboxylic acids is 2. The first-order chi connectivity index (χ1) is 22.6. The Labute approximate surface area is 277 Å². The van der Waals surface area contributed by atoms with Crippen molar-refractivity contribution in [2.24, 2.45) is 0 Å². The first-order valence-corrected chi connectivity index (χ1v) is 17.9. The molecule has 0 unspecified atom stereocenters. The fourth-order valence-corrected chi connectivity index (χ4v) is 7.91. The van der Waals surface area contributed by atoms with E-state index in [0.29, 0.717) is 33.6 Å².